The normalized spacial score (nSPS) is 16.3. The molecule has 134 valence electrons. The summed E-state index contributed by atoms with van der Waals surface area (Å²) in [5.74, 6) is 0.0808. The van der Waals surface area contributed by atoms with E-state index in [0.717, 1.165) is 18.7 Å². The molecule has 1 atom stereocenters. The Morgan fingerprint density at radius 3 is 2.67 bits per heavy atom. The molecule has 0 fully saturated rings. The Hall–Kier alpha value is -2.70. The summed E-state index contributed by atoms with van der Waals surface area (Å²) in [5.41, 5.74) is 2.94. The van der Waals surface area contributed by atoms with Gasteiger partial charge in [0.15, 0.2) is 0 Å². The van der Waals surface area contributed by atoms with Gasteiger partial charge in [-0.3, -0.25) is 4.79 Å². The van der Waals surface area contributed by atoms with E-state index in [1.54, 1.807) is 33.6 Å². The molecular weight excluding hydrogens is 374 g/mol. The van der Waals surface area contributed by atoms with Gasteiger partial charge < -0.3 is 4.90 Å². The third kappa shape index (κ3) is 2.91. The number of aromatic nitrogens is 2. The van der Waals surface area contributed by atoms with E-state index in [1.807, 2.05) is 41.4 Å². The smallest absolute Gasteiger partial charge is 0.254 e. The van der Waals surface area contributed by atoms with Gasteiger partial charge in [0, 0.05) is 34.3 Å². The van der Waals surface area contributed by atoms with Crippen LogP contribution in [0, 0.1) is 0 Å². The lowest BCUT2D eigenvalue weighted by atomic mass is 9.97. The van der Waals surface area contributed by atoms with Crippen molar-refractivity contribution >= 4 is 28.6 Å². The number of amides is 1. The van der Waals surface area contributed by atoms with Crippen molar-refractivity contribution in [2.45, 2.75) is 12.5 Å². The van der Waals surface area contributed by atoms with Crippen molar-refractivity contribution in [1.29, 1.82) is 0 Å². The van der Waals surface area contributed by atoms with Gasteiger partial charge in [0.25, 0.3) is 5.91 Å². The standard InChI is InChI=1S/C21H17N3OS2/c25-21(15-4-6-16(7-5-15)24-11-2-10-22-24)23-12-8-18-17(9-14-27-18)20(23)19-3-1-13-26-19/h1-7,9-11,13-14,20H,8,12H2/t20-/m0/s1. The number of benzene rings is 1. The zero-order valence-corrected chi connectivity index (χ0v) is 16.1. The largest absolute Gasteiger partial charge is 0.326 e. The van der Waals surface area contributed by atoms with Crippen LogP contribution < -0.4 is 0 Å². The van der Waals surface area contributed by atoms with E-state index >= 15 is 0 Å². The second-order valence-corrected chi connectivity index (χ2v) is 8.44. The van der Waals surface area contributed by atoms with Crippen LogP contribution in [0.15, 0.2) is 71.7 Å². The first-order valence-electron chi connectivity index (χ1n) is 8.82. The SMILES string of the molecule is O=C(c1ccc(-n2cccn2)cc1)N1CCc2sccc2[C@H]1c1cccs1. The minimum absolute atomic E-state index is 0.0123. The van der Waals surface area contributed by atoms with Gasteiger partial charge >= 0.3 is 0 Å². The summed E-state index contributed by atoms with van der Waals surface area (Å²) < 4.78 is 1.79. The fourth-order valence-corrected chi connectivity index (χ4v) is 5.39. The molecule has 1 amide bonds. The number of carbonyl (C=O) groups excluding carboxylic acids is 1. The highest BCUT2D eigenvalue weighted by molar-refractivity contribution is 7.10. The highest BCUT2D eigenvalue weighted by atomic mass is 32.1. The second kappa shape index (κ2) is 6.79. The van der Waals surface area contributed by atoms with Gasteiger partial charge in [-0.25, -0.2) is 4.68 Å². The number of hydrogen-bond donors (Lipinski definition) is 0. The van der Waals surface area contributed by atoms with E-state index in [0.29, 0.717) is 5.56 Å². The lowest BCUT2D eigenvalue weighted by Crippen LogP contribution is -2.39. The van der Waals surface area contributed by atoms with E-state index in [4.69, 9.17) is 0 Å². The van der Waals surface area contributed by atoms with E-state index in [2.05, 4.69) is 34.1 Å². The summed E-state index contributed by atoms with van der Waals surface area (Å²) in [4.78, 5) is 18.0. The van der Waals surface area contributed by atoms with Crippen molar-refractivity contribution in [1.82, 2.24) is 14.7 Å². The molecule has 1 aliphatic heterocycles. The molecule has 0 N–H and O–H groups in total. The Balaban J connectivity index is 1.48. The van der Waals surface area contributed by atoms with Crippen LogP contribution in [0.1, 0.15) is 31.7 Å². The van der Waals surface area contributed by atoms with Crippen molar-refractivity contribution in [2.75, 3.05) is 6.54 Å². The Bertz CT molecular complexity index is 1050. The first kappa shape index (κ1) is 16.5. The first-order chi connectivity index (χ1) is 13.3. The maximum absolute atomic E-state index is 13.3. The maximum Gasteiger partial charge on any atom is 0.254 e. The van der Waals surface area contributed by atoms with Crippen molar-refractivity contribution < 1.29 is 4.79 Å². The molecule has 4 nitrogen and oxygen atoms in total. The van der Waals surface area contributed by atoms with Gasteiger partial charge in [0.05, 0.1) is 11.7 Å². The fraction of sp³-hybridized carbons (Fsp3) is 0.143. The average molecular weight is 392 g/mol. The maximum atomic E-state index is 13.3. The molecule has 1 aliphatic rings. The molecule has 6 heteroatoms. The summed E-state index contributed by atoms with van der Waals surface area (Å²) >= 11 is 3.51. The van der Waals surface area contributed by atoms with Gasteiger partial charge in [0.2, 0.25) is 0 Å². The van der Waals surface area contributed by atoms with Gasteiger partial charge in [0.1, 0.15) is 0 Å². The van der Waals surface area contributed by atoms with Crippen LogP contribution in [0.3, 0.4) is 0 Å². The fourth-order valence-electron chi connectivity index (χ4n) is 3.63. The Kier molecular flexibility index (Phi) is 4.14. The number of hydrogen-bond acceptors (Lipinski definition) is 4. The van der Waals surface area contributed by atoms with E-state index in [1.165, 1.54) is 15.3 Å². The highest BCUT2D eigenvalue weighted by Gasteiger charge is 2.33. The van der Waals surface area contributed by atoms with E-state index in [-0.39, 0.29) is 11.9 Å². The van der Waals surface area contributed by atoms with Gasteiger partial charge in [-0.05, 0) is 65.2 Å². The molecule has 3 aromatic heterocycles. The predicted octanol–water partition coefficient (Wildman–Crippen LogP) is 4.78. The molecule has 0 aliphatic carbocycles. The van der Waals surface area contributed by atoms with Gasteiger partial charge in [-0.1, -0.05) is 6.07 Å². The first-order valence-corrected chi connectivity index (χ1v) is 10.6. The quantitative estimate of drug-likeness (QED) is 0.504. The van der Waals surface area contributed by atoms with Crippen LogP contribution in [-0.2, 0) is 6.42 Å². The van der Waals surface area contributed by atoms with Gasteiger partial charge in [-0.2, -0.15) is 5.10 Å². The number of thiophene rings is 2. The molecule has 4 heterocycles. The second-order valence-electron chi connectivity index (χ2n) is 6.46. The van der Waals surface area contributed by atoms with Crippen molar-refractivity contribution in [2.24, 2.45) is 0 Å². The molecule has 27 heavy (non-hydrogen) atoms. The molecule has 0 radical (unpaired) electrons. The average Bonchev–Trinajstić information content (AvgIpc) is 3.49. The topological polar surface area (TPSA) is 38.1 Å². The molecule has 0 bridgehead atoms. The summed E-state index contributed by atoms with van der Waals surface area (Å²) in [5, 5.41) is 8.46. The van der Waals surface area contributed by atoms with Crippen LogP contribution in [0.4, 0.5) is 0 Å². The van der Waals surface area contributed by atoms with E-state index < -0.39 is 0 Å². The Labute approximate surface area is 165 Å². The molecular formula is C21H17N3OS2. The van der Waals surface area contributed by atoms with Crippen LogP contribution in [0.25, 0.3) is 5.69 Å². The molecule has 0 spiro atoms. The lowest BCUT2D eigenvalue weighted by molar-refractivity contribution is 0.0699. The molecule has 4 aromatic rings. The molecule has 0 unspecified atom stereocenters. The van der Waals surface area contributed by atoms with Crippen molar-refractivity contribution in [3.8, 4) is 5.69 Å². The summed E-state index contributed by atoms with van der Waals surface area (Å²) in [6, 6.07) is 15.9. The molecule has 5 rings (SSSR count). The number of rotatable bonds is 3. The number of carbonyl (C=O) groups is 1. The minimum Gasteiger partial charge on any atom is -0.326 e. The third-order valence-electron chi connectivity index (χ3n) is 4.92. The lowest BCUT2D eigenvalue weighted by Gasteiger charge is -2.35. The zero-order chi connectivity index (χ0) is 18.2. The van der Waals surface area contributed by atoms with Crippen LogP contribution in [-0.4, -0.2) is 27.1 Å². The van der Waals surface area contributed by atoms with Crippen molar-refractivity contribution in [3.63, 3.8) is 0 Å². The number of nitrogens with zero attached hydrogens (tertiary/aromatic N) is 3. The van der Waals surface area contributed by atoms with Crippen molar-refractivity contribution in [3.05, 3.63) is 92.6 Å². The predicted molar refractivity (Wildman–Crippen MR) is 109 cm³/mol. The highest BCUT2D eigenvalue weighted by Crippen LogP contribution is 2.40. The summed E-state index contributed by atoms with van der Waals surface area (Å²) in [6.45, 7) is 0.746. The number of fused-ring (bicyclic) bond motifs is 1. The van der Waals surface area contributed by atoms with E-state index in [9.17, 15) is 4.79 Å². The Morgan fingerprint density at radius 2 is 1.93 bits per heavy atom. The Morgan fingerprint density at radius 1 is 1.04 bits per heavy atom. The monoisotopic (exact) mass is 391 g/mol. The minimum atomic E-state index is 0.0123. The molecule has 1 aromatic carbocycles. The summed E-state index contributed by atoms with van der Waals surface area (Å²) in [7, 11) is 0. The molecule has 0 saturated carbocycles. The van der Waals surface area contributed by atoms with Crippen LogP contribution in [0.5, 0.6) is 0 Å². The molecule has 0 saturated heterocycles. The third-order valence-corrected chi connectivity index (χ3v) is 6.84. The summed E-state index contributed by atoms with van der Waals surface area (Å²) in [6.07, 6.45) is 4.56. The van der Waals surface area contributed by atoms with Crippen LogP contribution in [0.2, 0.25) is 0 Å². The van der Waals surface area contributed by atoms with Crippen LogP contribution >= 0.6 is 22.7 Å². The zero-order valence-electron chi connectivity index (χ0n) is 14.5. The van der Waals surface area contributed by atoms with Gasteiger partial charge in [-0.15, -0.1) is 22.7 Å².